The lowest BCUT2D eigenvalue weighted by molar-refractivity contribution is 0.513. The van der Waals surface area contributed by atoms with E-state index >= 15 is 0 Å². The molecule has 0 spiro atoms. The second kappa shape index (κ2) is 7.67. The molecule has 0 radical (unpaired) electrons. The third-order valence-corrected chi connectivity index (χ3v) is 5.37. The third kappa shape index (κ3) is 8.62. The molecule has 0 unspecified atom stereocenters. The first-order chi connectivity index (χ1) is 6.12. The Labute approximate surface area is 86.5 Å². The Bertz CT molecular complexity index is 195. The second-order valence-electron chi connectivity index (χ2n) is 1.93. The summed E-state index contributed by atoms with van der Waals surface area (Å²) in [6, 6.07) is 0. The van der Waals surface area contributed by atoms with Crippen LogP contribution in [0.1, 0.15) is 0 Å². The normalized spacial score (nSPS) is 11.2. The maximum atomic E-state index is 11.3. The van der Waals surface area contributed by atoms with Gasteiger partial charge in [0.2, 0.25) is 0 Å². The monoisotopic (exact) mass is 240 g/mol. The van der Waals surface area contributed by atoms with Crippen LogP contribution in [0.25, 0.3) is 0 Å². The third-order valence-electron chi connectivity index (χ3n) is 0.815. The fraction of sp³-hybridized carbons (Fsp3) is 0.333. The van der Waals surface area contributed by atoms with Crippen molar-refractivity contribution in [3.63, 3.8) is 0 Å². The van der Waals surface area contributed by atoms with Gasteiger partial charge in [0.05, 0.1) is 0 Å². The summed E-state index contributed by atoms with van der Waals surface area (Å²) in [5.41, 5.74) is 0. The van der Waals surface area contributed by atoms with E-state index in [-0.39, 0.29) is 0 Å². The van der Waals surface area contributed by atoms with Crippen LogP contribution >= 0.6 is 28.9 Å². The predicted octanol–water partition coefficient (Wildman–Crippen LogP) is 1.93. The van der Waals surface area contributed by atoms with Gasteiger partial charge in [-0.2, -0.15) is 0 Å². The second-order valence-corrected chi connectivity index (χ2v) is 8.56. The highest BCUT2D eigenvalue weighted by Gasteiger charge is 2.19. The highest BCUT2D eigenvalue weighted by atomic mass is 33.1. The van der Waals surface area contributed by atoms with Gasteiger partial charge in [0.1, 0.15) is 0 Å². The van der Waals surface area contributed by atoms with Crippen LogP contribution in [0.15, 0.2) is 25.3 Å². The van der Waals surface area contributed by atoms with Gasteiger partial charge >= 0.3 is 5.77 Å². The van der Waals surface area contributed by atoms with Crippen molar-refractivity contribution in [3.8, 4) is 0 Å². The number of hydrogen-bond donors (Lipinski definition) is 3. The summed E-state index contributed by atoms with van der Waals surface area (Å²) in [5, 5.41) is 0. The maximum Gasteiger partial charge on any atom is 0.339 e. The maximum absolute atomic E-state index is 11.3. The molecule has 7 heteroatoms. The Hall–Kier alpha value is 0.290. The summed E-state index contributed by atoms with van der Waals surface area (Å²) in [5.74, 6) is -3.24. The summed E-state index contributed by atoms with van der Waals surface area (Å²) in [7, 11) is 0. The van der Waals surface area contributed by atoms with Crippen LogP contribution in [0.3, 0.4) is 0 Å². The van der Waals surface area contributed by atoms with E-state index in [2.05, 4.69) is 22.6 Å². The zero-order valence-corrected chi connectivity index (χ0v) is 9.63. The Morgan fingerprint density at radius 1 is 1.23 bits per heavy atom. The first kappa shape index (κ1) is 13.3. The molecule has 0 saturated carbocycles. The average Bonchev–Trinajstić information content (AvgIpc) is 2.05. The van der Waals surface area contributed by atoms with Crippen LogP contribution < -0.4 is 9.44 Å². The summed E-state index contributed by atoms with van der Waals surface area (Å²) in [6.45, 7) is 7.94. The van der Waals surface area contributed by atoms with E-state index in [1.807, 2.05) is 0 Å². The van der Waals surface area contributed by atoms with E-state index in [9.17, 15) is 9.46 Å². The molecular formula is C6H13N2O2PS2. The van der Waals surface area contributed by atoms with Gasteiger partial charge < -0.3 is 4.89 Å². The lowest BCUT2D eigenvalue weighted by Crippen LogP contribution is -2.04. The predicted molar refractivity (Wildman–Crippen MR) is 61.4 cm³/mol. The molecule has 0 aromatic carbocycles. The van der Waals surface area contributed by atoms with Gasteiger partial charge in [-0.25, -0.2) is 0 Å². The molecule has 3 N–H and O–H groups in total. The van der Waals surface area contributed by atoms with Crippen LogP contribution in [-0.4, -0.2) is 18.0 Å². The minimum absolute atomic E-state index is 0.497. The van der Waals surface area contributed by atoms with E-state index in [4.69, 9.17) is 0 Å². The summed E-state index contributed by atoms with van der Waals surface area (Å²) in [6.07, 6.45) is 3.24. The lowest BCUT2D eigenvalue weighted by atomic mass is 10.7. The zero-order valence-electron chi connectivity index (χ0n) is 7.10. The standard InChI is InChI=1S/C6H13N2O2PS2/c1-3-5-7-12-11(9,10)13-8-6-4-2/h3-4,7-8H,1-2,5-6H2,(H,9,10). The SMILES string of the molecule is C=CCNSP(=O)(O)SNCC=C. The summed E-state index contributed by atoms with van der Waals surface area (Å²) < 4.78 is 16.7. The Kier molecular flexibility index (Phi) is 7.84. The van der Waals surface area contributed by atoms with E-state index in [0.29, 0.717) is 13.1 Å². The first-order valence-corrected chi connectivity index (χ1v) is 8.00. The highest BCUT2D eigenvalue weighted by Crippen LogP contribution is 2.62. The van der Waals surface area contributed by atoms with Gasteiger partial charge in [0.15, 0.2) is 0 Å². The van der Waals surface area contributed by atoms with E-state index < -0.39 is 5.77 Å². The molecule has 0 aromatic heterocycles. The number of rotatable bonds is 8. The van der Waals surface area contributed by atoms with Crippen molar-refractivity contribution < 1.29 is 9.46 Å². The summed E-state index contributed by atoms with van der Waals surface area (Å²) in [4.78, 5) is 9.26. The Morgan fingerprint density at radius 3 is 1.92 bits per heavy atom. The quantitative estimate of drug-likeness (QED) is 0.261. The molecule has 0 aromatic rings. The first-order valence-electron chi connectivity index (χ1n) is 3.50. The fourth-order valence-electron chi connectivity index (χ4n) is 0.374. The van der Waals surface area contributed by atoms with Crippen molar-refractivity contribution in [1.82, 2.24) is 9.44 Å². The minimum Gasteiger partial charge on any atom is -0.328 e. The van der Waals surface area contributed by atoms with Crippen molar-refractivity contribution in [3.05, 3.63) is 25.3 Å². The van der Waals surface area contributed by atoms with Crippen LogP contribution in [0.4, 0.5) is 0 Å². The zero-order chi connectivity index (χ0) is 10.2. The van der Waals surface area contributed by atoms with Crippen molar-refractivity contribution in [1.29, 1.82) is 0 Å². The molecule has 76 valence electrons. The highest BCUT2D eigenvalue weighted by molar-refractivity contribution is 8.88. The summed E-state index contributed by atoms with van der Waals surface area (Å²) >= 11 is 1.62. The van der Waals surface area contributed by atoms with E-state index in [1.165, 1.54) is 0 Å². The Morgan fingerprint density at radius 2 is 1.62 bits per heavy atom. The van der Waals surface area contributed by atoms with E-state index in [0.717, 1.165) is 23.1 Å². The molecule has 0 aliphatic rings. The number of nitrogens with one attached hydrogen (secondary N) is 2. The van der Waals surface area contributed by atoms with E-state index in [1.54, 1.807) is 12.2 Å². The van der Waals surface area contributed by atoms with Gasteiger partial charge in [-0.05, 0) is 0 Å². The van der Waals surface area contributed by atoms with Crippen molar-refractivity contribution in [2.45, 2.75) is 0 Å². The van der Waals surface area contributed by atoms with Crippen LogP contribution in [0.2, 0.25) is 0 Å². The molecule has 4 nitrogen and oxygen atoms in total. The van der Waals surface area contributed by atoms with Crippen LogP contribution in [0.5, 0.6) is 0 Å². The van der Waals surface area contributed by atoms with Gasteiger partial charge in [0.25, 0.3) is 0 Å². The average molecular weight is 240 g/mol. The van der Waals surface area contributed by atoms with Crippen LogP contribution in [-0.2, 0) is 4.57 Å². The molecule has 0 heterocycles. The minimum atomic E-state index is -3.24. The molecule has 0 aliphatic carbocycles. The van der Waals surface area contributed by atoms with Crippen molar-refractivity contribution in [2.75, 3.05) is 13.1 Å². The fourth-order valence-corrected chi connectivity index (χ4v) is 3.94. The molecule has 0 atom stereocenters. The molecule has 0 aliphatic heterocycles. The van der Waals surface area contributed by atoms with Gasteiger partial charge in [0, 0.05) is 36.2 Å². The smallest absolute Gasteiger partial charge is 0.328 e. The molecule has 0 rings (SSSR count). The molecular weight excluding hydrogens is 227 g/mol. The van der Waals surface area contributed by atoms with Crippen molar-refractivity contribution >= 4 is 28.9 Å². The van der Waals surface area contributed by atoms with Gasteiger partial charge in [-0.15, -0.1) is 13.2 Å². The number of hydrogen-bond acceptors (Lipinski definition) is 5. The lowest BCUT2D eigenvalue weighted by Gasteiger charge is -2.08. The van der Waals surface area contributed by atoms with Gasteiger partial charge in [-0.3, -0.25) is 14.0 Å². The topological polar surface area (TPSA) is 61.4 Å². The molecule has 0 saturated heterocycles. The Balaban J connectivity index is 3.59. The molecule has 0 bridgehead atoms. The van der Waals surface area contributed by atoms with Crippen LogP contribution in [0, 0.1) is 0 Å². The molecule has 0 fully saturated rings. The largest absolute Gasteiger partial charge is 0.339 e. The molecule has 0 amide bonds. The molecule has 13 heavy (non-hydrogen) atoms. The van der Waals surface area contributed by atoms with Crippen molar-refractivity contribution in [2.24, 2.45) is 0 Å². The van der Waals surface area contributed by atoms with Gasteiger partial charge in [-0.1, -0.05) is 12.2 Å².